The normalized spacial score (nSPS) is 14.5. The Bertz CT molecular complexity index is 877. The van der Waals surface area contributed by atoms with E-state index in [-0.39, 0.29) is 35.8 Å². The van der Waals surface area contributed by atoms with E-state index in [2.05, 4.69) is 4.98 Å². The van der Waals surface area contributed by atoms with Crippen molar-refractivity contribution >= 4 is 5.97 Å². The summed E-state index contributed by atoms with van der Waals surface area (Å²) in [7, 11) is 0. The van der Waals surface area contributed by atoms with Gasteiger partial charge in [0.15, 0.2) is 0 Å². The van der Waals surface area contributed by atoms with E-state index < -0.39 is 11.9 Å². The number of benzene rings is 2. The van der Waals surface area contributed by atoms with Crippen LogP contribution in [0.3, 0.4) is 0 Å². The molecular formula is C21H19F2NO3. The average Bonchev–Trinajstić information content (AvgIpc) is 3.18. The summed E-state index contributed by atoms with van der Waals surface area (Å²) in [6.07, 6.45) is 2.95. The number of carboxylic acid groups (broad SMARTS) is 1. The second-order valence-corrected chi connectivity index (χ2v) is 6.50. The van der Waals surface area contributed by atoms with Gasteiger partial charge in [0.25, 0.3) is 0 Å². The van der Waals surface area contributed by atoms with Crippen LogP contribution in [0.4, 0.5) is 8.78 Å². The molecule has 140 valence electrons. The van der Waals surface area contributed by atoms with E-state index in [0.29, 0.717) is 0 Å². The van der Waals surface area contributed by atoms with Crippen LogP contribution in [0.1, 0.15) is 48.1 Å². The van der Waals surface area contributed by atoms with Gasteiger partial charge < -0.3 is 9.52 Å². The van der Waals surface area contributed by atoms with E-state index >= 15 is 0 Å². The summed E-state index contributed by atoms with van der Waals surface area (Å²) in [6, 6.07) is 12.1. The molecule has 0 aliphatic carbocycles. The highest BCUT2D eigenvalue weighted by atomic mass is 19.1. The van der Waals surface area contributed by atoms with E-state index in [1.54, 1.807) is 24.3 Å². The number of carboxylic acids is 1. The lowest BCUT2D eigenvalue weighted by Gasteiger charge is -2.27. The van der Waals surface area contributed by atoms with Crippen LogP contribution in [0, 0.1) is 11.6 Å². The van der Waals surface area contributed by atoms with Crippen LogP contribution in [0.25, 0.3) is 0 Å². The Balaban J connectivity index is 1.97. The number of halogens is 2. The highest BCUT2D eigenvalue weighted by Crippen LogP contribution is 2.40. The summed E-state index contributed by atoms with van der Waals surface area (Å²) < 4.78 is 31.9. The predicted molar refractivity (Wildman–Crippen MR) is 95.5 cm³/mol. The molecule has 0 bridgehead atoms. The second-order valence-electron chi connectivity index (χ2n) is 6.50. The fraction of sp³-hybridized carbons (Fsp3) is 0.238. The Labute approximate surface area is 155 Å². The summed E-state index contributed by atoms with van der Waals surface area (Å²) in [4.78, 5) is 15.8. The molecule has 1 N–H and O–H groups in total. The molecule has 0 spiro atoms. The van der Waals surface area contributed by atoms with E-state index in [0.717, 1.165) is 11.1 Å². The van der Waals surface area contributed by atoms with Crippen molar-refractivity contribution in [2.75, 3.05) is 0 Å². The summed E-state index contributed by atoms with van der Waals surface area (Å²) in [6.45, 7) is 1.94. The third-order valence-corrected chi connectivity index (χ3v) is 4.83. The molecule has 3 aromatic rings. The lowest BCUT2D eigenvalue weighted by Crippen LogP contribution is -2.19. The van der Waals surface area contributed by atoms with Gasteiger partial charge in [0, 0.05) is 0 Å². The van der Waals surface area contributed by atoms with Crippen molar-refractivity contribution in [1.29, 1.82) is 0 Å². The molecule has 0 fully saturated rings. The number of nitrogens with zero attached hydrogens (tertiary/aromatic N) is 1. The van der Waals surface area contributed by atoms with Crippen LogP contribution in [0.15, 0.2) is 65.4 Å². The van der Waals surface area contributed by atoms with Gasteiger partial charge in [-0.2, -0.15) is 0 Å². The number of aliphatic carboxylic acids is 1. The molecule has 2 aromatic carbocycles. The first-order valence-corrected chi connectivity index (χ1v) is 8.59. The maximum atomic E-state index is 13.4. The van der Waals surface area contributed by atoms with Crippen LogP contribution in [0.2, 0.25) is 0 Å². The minimum Gasteiger partial charge on any atom is -0.481 e. The highest BCUT2D eigenvalue weighted by Gasteiger charge is 2.32. The molecule has 0 saturated carbocycles. The molecule has 4 nitrogen and oxygen atoms in total. The number of carbonyl (C=O) groups is 1. The lowest BCUT2D eigenvalue weighted by atomic mass is 9.77. The van der Waals surface area contributed by atoms with E-state index in [9.17, 15) is 18.7 Å². The van der Waals surface area contributed by atoms with E-state index in [1.165, 1.54) is 36.7 Å². The number of aromatic nitrogens is 1. The number of hydrogen-bond acceptors (Lipinski definition) is 3. The topological polar surface area (TPSA) is 63.3 Å². The van der Waals surface area contributed by atoms with Crippen molar-refractivity contribution in [2.24, 2.45) is 0 Å². The SMILES string of the molecule is CC(c1ccc(F)cc1)C(CC(C(=O)O)c1ncco1)c1ccc(F)cc1. The molecule has 1 aromatic heterocycles. The zero-order valence-electron chi connectivity index (χ0n) is 14.7. The fourth-order valence-corrected chi connectivity index (χ4v) is 3.31. The summed E-state index contributed by atoms with van der Waals surface area (Å²) in [5.41, 5.74) is 1.66. The first kappa shape index (κ1) is 18.8. The van der Waals surface area contributed by atoms with Crippen molar-refractivity contribution in [1.82, 2.24) is 4.98 Å². The summed E-state index contributed by atoms with van der Waals surface area (Å²) >= 11 is 0. The van der Waals surface area contributed by atoms with Crippen molar-refractivity contribution in [3.05, 3.63) is 89.6 Å². The Kier molecular flexibility index (Phi) is 5.64. The number of oxazole rings is 1. The average molecular weight is 371 g/mol. The van der Waals surface area contributed by atoms with E-state index in [4.69, 9.17) is 4.42 Å². The molecule has 1 heterocycles. The molecule has 3 rings (SSSR count). The van der Waals surface area contributed by atoms with Crippen LogP contribution in [-0.2, 0) is 4.79 Å². The first-order chi connectivity index (χ1) is 13.0. The smallest absolute Gasteiger partial charge is 0.315 e. The molecule has 0 radical (unpaired) electrons. The quantitative estimate of drug-likeness (QED) is 0.628. The minimum atomic E-state index is -1.05. The summed E-state index contributed by atoms with van der Waals surface area (Å²) in [5, 5.41) is 9.66. The van der Waals surface area contributed by atoms with Gasteiger partial charge in [-0.1, -0.05) is 31.2 Å². The lowest BCUT2D eigenvalue weighted by molar-refractivity contribution is -0.139. The molecule has 6 heteroatoms. The van der Waals surface area contributed by atoms with Gasteiger partial charge in [0.2, 0.25) is 5.89 Å². The van der Waals surface area contributed by atoms with Crippen LogP contribution in [-0.4, -0.2) is 16.1 Å². The van der Waals surface area contributed by atoms with Gasteiger partial charge in [-0.05, 0) is 53.6 Å². The van der Waals surface area contributed by atoms with E-state index in [1.807, 2.05) is 6.92 Å². The predicted octanol–water partition coefficient (Wildman–Crippen LogP) is 5.10. The van der Waals surface area contributed by atoms with Crippen molar-refractivity contribution in [3.63, 3.8) is 0 Å². The minimum absolute atomic E-state index is 0.126. The van der Waals surface area contributed by atoms with Gasteiger partial charge in [0.1, 0.15) is 23.8 Å². The number of hydrogen-bond donors (Lipinski definition) is 1. The molecule has 0 amide bonds. The van der Waals surface area contributed by atoms with Crippen LogP contribution < -0.4 is 0 Å². The molecule has 0 aliphatic heterocycles. The summed E-state index contributed by atoms with van der Waals surface area (Å²) in [5.74, 6) is -2.96. The second kappa shape index (κ2) is 8.12. The van der Waals surface area contributed by atoms with Crippen molar-refractivity contribution in [3.8, 4) is 0 Å². The third-order valence-electron chi connectivity index (χ3n) is 4.83. The maximum absolute atomic E-state index is 13.4. The van der Waals surface area contributed by atoms with Crippen LogP contribution in [0.5, 0.6) is 0 Å². The molecule has 27 heavy (non-hydrogen) atoms. The van der Waals surface area contributed by atoms with Crippen molar-refractivity contribution in [2.45, 2.75) is 31.1 Å². The van der Waals surface area contributed by atoms with Gasteiger partial charge >= 0.3 is 5.97 Å². The maximum Gasteiger partial charge on any atom is 0.315 e. The number of rotatable bonds is 7. The zero-order chi connectivity index (χ0) is 19.4. The largest absolute Gasteiger partial charge is 0.481 e. The Morgan fingerprint density at radius 3 is 2.07 bits per heavy atom. The third kappa shape index (κ3) is 4.39. The van der Waals surface area contributed by atoms with Gasteiger partial charge in [-0.15, -0.1) is 0 Å². The zero-order valence-corrected chi connectivity index (χ0v) is 14.7. The monoisotopic (exact) mass is 371 g/mol. The fourth-order valence-electron chi connectivity index (χ4n) is 3.31. The van der Waals surface area contributed by atoms with Crippen LogP contribution >= 0.6 is 0 Å². The Morgan fingerprint density at radius 2 is 1.59 bits per heavy atom. The Morgan fingerprint density at radius 1 is 1.04 bits per heavy atom. The molecule has 0 aliphatic rings. The first-order valence-electron chi connectivity index (χ1n) is 8.59. The van der Waals surface area contributed by atoms with Gasteiger partial charge in [0.05, 0.1) is 6.20 Å². The molecule has 0 saturated heterocycles. The molecule has 3 atom stereocenters. The Hall–Kier alpha value is -3.02. The van der Waals surface area contributed by atoms with Crippen molar-refractivity contribution < 1.29 is 23.1 Å². The molecule has 3 unspecified atom stereocenters. The highest BCUT2D eigenvalue weighted by molar-refractivity contribution is 5.74. The standard InChI is InChI=1S/C21H19F2NO3/c1-13(14-2-6-16(22)7-3-14)18(15-4-8-17(23)9-5-15)12-19(21(25)26)20-24-10-11-27-20/h2-11,13,18-19H,12H2,1H3,(H,25,26). The van der Waals surface area contributed by atoms with Gasteiger partial charge in [-0.25, -0.2) is 13.8 Å². The molecular weight excluding hydrogens is 352 g/mol. The van der Waals surface area contributed by atoms with Gasteiger partial charge in [-0.3, -0.25) is 4.79 Å².